The molecule has 1 aromatic heterocycles. The third-order valence-corrected chi connectivity index (χ3v) is 2.45. The maximum absolute atomic E-state index is 9.03. The molecule has 2 rings (SSSR count). The summed E-state index contributed by atoms with van der Waals surface area (Å²) in [6.07, 6.45) is 0. The van der Waals surface area contributed by atoms with Gasteiger partial charge in [-0.1, -0.05) is 18.2 Å². The number of nitriles is 1. The lowest BCUT2D eigenvalue weighted by Crippen LogP contribution is -2.18. The number of nitrogens with zero attached hydrogens (tertiary/aromatic N) is 3. The van der Waals surface area contributed by atoms with E-state index in [1.807, 2.05) is 31.3 Å². The van der Waals surface area contributed by atoms with Crippen molar-refractivity contribution in [2.24, 2.45) is 0 Å². The molecule has 1 heterocycles. The molecule has 0 atom stereocenters. The third-order valence-electron chi connectivity index (χ3n) is 2.45. The fraction of sp³-hybridized carbons (Fsp3) is 0.250. The molecule has 0 aliphatic carbocycles. The van der Waals surface area contributed by atoms with Crippen LogP contribution in [0.25, 0.3) is 10.9 Å². The smallest absolute Gasteiger partial charge is 0.186 e. The van der Waals surface area contributed by atoms with Gasteiger partial charge >= 0.3 is 0 Å². The van der Waals surface area contributed by atoms with E-state index in [-0.39, 0.29) is 0 Å². The van der Waals surface area contributed by atoms with Crippen LogP contribution in [0.2, 0.25) is 0 Å². The van der Waals surface area contributed by atoms with E-state index < -0.39 is 0 Å². The van der Waals surface area contributed by atoms with E-state index in [4.69, 9.17) is 5.26 Å². The van der Waals surface area contributed by atoms with Crippen molar-refractivity contribution < 1.29 is 0 Å². The summed E-state index contributed by atoms with van der Waals surface area (Å²) in [5.74, 6) is 0. The highest BCUT2D eigenvalue weighted by atomic mass is 15.1. The zero-order chi connectivity index (χ0) is 12.1. The van der Waals surface area contributed by atoms with E-state index in [2.05, 4.69) is 26.9 Å². The van der Waals surface area contributed by atoms with Gasteiger partial charge in [0.05, 0.1) is 11.2 Å². The number of nitrogens with one attached hydrogen (secondary N) is 2. The maximum atomic E-state index is 9.03. The van der Waals surface area contributed by atoms with Crippen LogP contribution in [-0.4, -0.2) is 30.3 Å². The molecule has 0 saturated heterocycles. The molecule has 0 aliphatic heterocycles. The molecule has 5 heteroatoms. The molecule has 0 saturated carbocycles. The Morgan fingerprint density at radius 3 is 2.82 bits per heavy atom. The number of fused-ring (bicyclic) bond motifs is 1. The molecule has 0 amide bonds. The van der Waals surface area contributed by atoms with Gasteiger partial charge < -0.3 is 10.6 Å². The summed E-state index contributed by atoms with van der Waals surface area (Å²) in [4.78, 5) is 0. The second-order valence-electron chi connectivity index (χ2n) is 3.58. The largest absolute Gasteiger partial charge is 0.381 e. The molecule has 0 spiro atoms. The van der Waals surface area contributed by atoms with Gasteiger partial charge in [-0.3, -0.25) is 0 Å². The number of hydrogen-bond donors (Lipinski definition) is 2. The van der Waals surface area contributed by atoms with Crippen LogP contribution >= 0.6 is 0 Å². The van der Waals surface area contributed by atoms with Crippen molar-refractivity contribution in [2.45, 2.75) is 0 Å². The first kappa shape index (κ1) is 11.3. The Bertz CT molecular complexity index is 558. The molecule has 17 heavy (non-hydrogen) atoms. The van der Waals surface area contributed by atoms with Crippen LogP contribution in [0.1, 0.15) is 5.69 Å². The van der Waals surface area contributed by atoms with Crippen molar-refractivity contribution >= 4 is 16.6 Å². The van der Waals surface area contributed by atoms with Gasteiger partial charge in [0.1, 0.15) is 6.07 Å². The zero-order valence-electron chi connectivity index (χ0n) is 9.57. The Hall–Kier alpha value is -2.19. The summed E-state index contributed by atoms with van der Waals surface area (Å²) in [6.45, 7) is 1.56. The second kappa shape index (κ2) is 5.23. The van der Waals surface area contributed by atoms with E-state index in [9.17, 15) is 0 Å². The standard InChI is InChI=1S/C12H13N5/c1-14-6-7-15-12-9-4-2-3-5-10(9)16-17-11(12)8-13/h2-5,14H,6-7H2,1H3,(H,15,16). The molecule has 1 aromatic carbocycles. The van der Waals surface area contributed by atoms with Gasteiger partial charge in [0, 0.05) is 18.5 Å². The number of anilines is 1. The van der Waals surface area contributed by atoms with Gasteiger partial charge in [-0.15, -0.1) is 10.2 Å². The van der Waals surface area contributed by atoms with Gasteiger partial charge in [0.15, 0.2) is 5.69 Å². The summed E-state index contributed by atoms with van der Waals surface area (Å²) < 4.78 is 0. The first-order chi connectivity index (χ1) is 8.36. The molecule has 2 aromatic rings. The lowest BCUT2D eigenvalue weighted by molar-refractivity contribution is 0.823. The molecule has 86 valence electrons. The monoisotopic (exact) mass is 227 g/mol. The molecule has 2 N–H and O–H groups in total. The quantitative estimate of drug-likeness (QED) is 0.766. The lowest BCUT2D eigenvalue weighted by atomic mass is 10.1. The Kier molecular flexibility index (Phi) is 3.48. The Labute approximate surface area is 99.5 Å². The van der Waals surface area contributed by atoms with E-state index in [0.29, 0.717) is 5.69 Å². The minimum absolute atomic E-state index is 0.333. The van der Waals surface area contributed by atoms with Crippen LogP contribution in [0.15, 0.2) is 24.3 Å². The average Bonchev–Trinajstić information content (AvgIpc) is 2.39. The molecule has 0 fully saturated rings. The summed E-state index contributed by atoms with van der Waals surface area (Å²) in [7, 11) is 1.88. The molecule has 5 nitrogen and oxygen atoms in total. The van der Waals surface area contributed by atoms with Gasteiger partial charge in [-0.25, -0.2) is 0 Å². The molecule has 0 radical (unpaired) electrons. The van der Waals surface area contributed by atoms with Gasteiger partial charge in [-0.05, 0) is 13.1 Å². The molecule has 0 bridgehead atoms. The van der Waals surface area contributed by atoms with E-state index in [1.54, 1.807) is 0 Å². The highest BCUT2D eigenvalue weighted by molar-refractivity contribution is 5.92. The predicted molar refractivity (Wildman–Crippen MR) is 66.7 cm³/mol. The van der Waals surface area contributed by atoms with E-state index >= 15 is 0 Å². The van der Waals surface area contributed by atoms with Crippen LogP contribution in [0.5, 0.6) is 0 Å². The minimum Gasteiger partial charge on any atom is -0.381 e. The molecular formula is C12H13N5. The molecule has 0 unspecified atom stereocenters. The summed E-state index contributed by atoms with van der Waals surface area (Å²) in [5, 5.41) is 24.1. The van der Waals surface area contributed by atoms with Crippen molar-refractivity contribution in [3.8, 4) is 6.07 Å². The van der Waals surface area contributed by atoms with Crippen molar-refractivity contribution in [3.63, 3.8) is 0 Å². The van der Waals surface area contributed by atoms with Gasteiger partial charge in [0.2, 0.25) is 0 Å². The van der Waals surface area contributed by atoms with Crippen molar-refractivity contribution in [1.29, 1.82) is 5.26 Å². The zero-order valence-corrected chi connectivity index (χ0v) is 9.57. The van der Waals surface area contributed by atoms with E-state index in [0.717, 1.165) is 29.7 Å². The van der Waals surface area contributed by atoms with Crippen LogP contribution in [0.4, 0.5) is 5.69 Å². The van der Waals surface area contributed by atoms with Crippen molar-refractivity contribution in [2.75, 3.05) is 25.5 Å². The minimum atomic E-state index is 0.333. The fourth-order valence-electron chi connectivity index (χ4n) is 1.62. The van der Waals surface area contributed by atoms with Crippen LogP contribution in [0, 0.1) is 11.3 Å². The number of benzene rings is 1. The predicted octanol–water partition coefficient (Wildman–Crippen LogP) is 1.13. The Morgan fingerprint density at radius 1 is 1.24 bits per heavy atom. The summed E-state index contributed by atoms with van der Waals surface area (Å²) in [6, 6.07) is 9.71. The van der Waals surface area contributed by atoms with Crippen LogP contribution in [-0.2, 0) is 0 Å². The summed E-state index contributed by atoms with van der Waals surface area (Å²) in [5.41, 5.74) is 1.88. The van der Waals surface area contributed by atoms with Gasteiger partial charge in [0.25, 0.3) is 0 Å². The van der Waals surface area contributed by atoms with E-state index in [1.165, 1.54) is 0 Å². The maximum Gasteiger partial charge on any atom is 0.186 e. The summed E-state index contributed by atoms with van der Waals surface area (Å²) >= 11 is 0. The van der Waals surface area contributed by atoms with Crippen LogP contribution in [0.3, 0.4) is 0 Å². The fourth-order valence-corrected chi connectivity index (χ4v) is 1.62. The van der Waals surface area contributed by atoms with Gasteiger partial charge in [-0.2, -0.15) is 5.26 Å². The third kappa shape index (κ3) is 2.32. The molecular weight excluding hydrogens is 214 g/mol. The number of likely N-dealkylation sites (N-methyl/N-ethyl adjacent to an activating group) is 1. The topological polar surface area (TPSA) is 73.6 Å². The van der Waals surface area contributed by atoms with Crippen molar-refractivity contribution in [3.05, 3.63) is 30.0 Å². The number of hydrogen-bond acceptors (Lipinski definition) is 5. The second-order valence-corrected chi connectivity index (χ2v) is 3.58. The van der Waals surface area contributed by atoms with Crippen LogP contribution < -0.4 is 10.6 Å². The highest BCUT2D eigenvalue weighted by Crippen LogP contribution is 2.23. The Balaban J connectivity index is 2.45. The molecule has 0 aliphatic rings. The SMILES string of the molecule is CNCCNc1c(C#N)nnc2ccccc12. The van der Waals surface area contributed by atoms with Crippen molar-refractivity contribution in [1.82, 2.24) is 15.5 Å². The number of rotatable bonds is 4. The normalized spacial score (nSPS) is 10.1. The average molecular weight is 227 g/mol. The highest BCUT2D eigenvalue weighted by Gasteiger charge is 2.08. The first-order valence-electron chi connectivity index (χ1n) is 5.41. The lowest BCUT2D eigenvalue weighted by Gasteiger charge is -2.09. The Morgan fingerprint density at radius 2 is 2.06 bits per heavy atom. The first-order valence-corrected chi connectivity index (χ1v) is 5.41. The number of aromatic nitrogens is 2.